The molecule has 0 spiro atoms. The van der Waals surface area contributed by atoms with Gasteiger partial charge in [0.15, 0.2) is 11.6 Å². The zero-order chi connectivity index (χ0) is 23.3. The predicted octanol–water partition coefficient (Wildman–Crippen LogP) is 4.67. The van der Waals surface area contributed by atoms with Gasteiger partial charge in [-0.2, -0.15) is 18.2 Å². The van der Waals surface area contributed by atoms with Gasteiger partial charge in [-0.05, 0) is 36.8 Å². The number of ether oxygens (including phenoxy) is 1. The van der Waals surface area contributed by atoms with Crippen molar-refractivity contribution in [1.29, 1.82) is 0 Å². The molecular weight excluding hydrogens is 429 g/mol. The molecule has 0 unspecified atom stereocenters. The van der Waals surface area contributed by atoms with Crippen LogP contribution in [0.1, 0.15) is 22.3 Å². The average Bonchev–Trinajstić information content (AvgIpc) is 3.30. The topological polar surface area (TPSA) is 101 Å². The molecule has 1 aromatic carbocycles. The van der Waals surface area contributed by atoms with E-state index in [1.807, 2.05) is 0 Å². The van der Waals surface area contributed by atoms with Crippen molar-refractivity contribution in [3.8, 4) is 11.5 Å². The third-order valence-corrected chi connectivity index (χ3v) is 4.55. The van der Waals surface area contributed by atoms with Crippen molar-refractivity contribution in [3.05, 3.63) is 53.8 Å². The number of halogens is 3. The maximum atomic E-state index is 13.2. The summed E-state index contributed by atoms with van der Waals surface area (Å²) in [6.07, 6.45) is -2.55. The second-order valence-corrected chi connectivity index (χ2v) is 6.76. The van der Waals surface area contributed by atoms with E-state index in [0.29, 0.717) is 19.6 Å². The number of methoxy groups -OCH3 is 1. The summed E-state index contributed by atoms with van der Waals surface area (Å²) in [5, 5.41) is 12.9. The fourth-order valence-electron chi connectivity index (χ4n) is 2.99. The Balaban J connectivity index is 2.12. The van der Waals surface area contributed by atoms with E-state index in [2.05, 4.69) is 15.3 Å². The van der Waals surface area contributed by atoms with E-state index in [0.717, 1.165) is 12.1 Å². The zero-order valence-electron chi connectivity index (χ0n) is 17.3. The molecule has 11 heteroatoms. The Bertz CT molecular complexity index is 1070. The van der Waals surface area contributed by atoms with E-state index in [9.17, 15) is 23.1 Å². The van der Waals surface area contributed by atoms with Crippen LogP contribution >= 0.6 is 0 Å². The van der Waals surface area contributed by atoms with Gasteiger partial charge in [0, 0.05) is 33.0 Å². The van der Waals surface area contributed by atoms with E-state index in [-0.39, 0.29) is 34.5 Å². The SMILES string of the molecule is COCCCNc1nc(-c2ccco2)c(C(=O)O)c(N(C)c2cccc(C(F)(F)F)c2)n1. The minimum Gasteiger partial charge on any atom is -0.477 e. The summed E-state index contributed by atoms with van der Waals surface area (Å²) in [4.78, 5) is 22.0. The molecule has 2 heterocycles. The van der Waals surface area contributed by atoms with Gasteiger partial charge in [0.1, 0.15) is 11.3 Å². The van der Waals surface area contributed by atoms with Crippen LogP contribution in [0.3, 0.4) is 0 Å². The van der Waals surface area contributed by atoms with Crippen molar-refractivity contribution < 1.29 is 32.2 Å². The lowest BCUT2D eigenvalue weighted by atomic mass is 10.1. The predicted molar refractivity (Wildman–Crippen MR) is 111 cm³/mol. The molecule has 3 rings (SSSR count). The first-order valence-electron chi connectivity index (χ1n) is 9.55. The number of benzene rings is 1. The van der Waals surface area contributed by atoms with Crippen molar-refractivity contribution in [2.75, 3.05) is 37.5 Å². The Labute approximate surface area is 181 Å². The Morgan fingerprint density at radius 2 is 2.03 bits per heavy atom. The molecular formula is C21H21F3N4O4. The van der Waals surface area contributed by atoms with Gasteiger partial charge in [-0.1, -0.05) is 6.07 Å². The van der Waals surface area contributed by atoms with E-state index in [1.165, 1.54) is 36.4 Å². The Morgan fingerprint density at radius 3 is 2.66 bits per heavy atom. The number of aromatic carboxylic acids is 1. The maximum Gasteiger partial charge on any atom is 0.416 e. The molecule has 2 aromatic heterocycles. The van der Waals surface area contributed by atoms with Crippen LogP contribution in [0.5, 0.6) is 0 Å². The minimum atomic E-state index is -4.55. The standard InChI is InChI=1S/C21H21F3N4O4/c1-28(14-7-3-6-13(12-14)21(22,23)24)18-16(19(29)30)17(15-8-4-11-32-15)26-20(27-18)25-9-5-10-31-2/h3-4,6-8,11-12H,5,9-10H2,1-2H3,(H,29,30)(H,25,26,27). The monoisotopic (exact) mass is 450 g/mol. The highest BCUT2D eigenvalue weighted by Crippen LogP contribution is 2.36. The number of furan rings is 1. The molecule has 2 N–H and O–H groups in total. The fourth-order valence-corrected chi connectivity index (χ4v) is 2.99. The van der Waals surface area contributed by atoms with E-state index >= 15 is 0 Å². The number of aromatic nitrogens is 2. The first-order chi connectivity index (χ1) is 15.2. The van der Waals surface area contributed by atoms with Crippen molar-refractivity contribution in [2.24, 2.45) is 0 Å². The van der Waals surface area contributed by atoms with Crippen molar-refractivity contribution in [3.63, 3.8) is 0 Å². The van der Waals surface area contributed by atoms with Gasteiger partial charge in [0.05, 0.1) is 11.8 Å². The summed E-state index contributed by atoms with van der Waals surface area (Å²) in [6.45, 7) is 0.923. The van der Waals surface area contributed by atoms with Gasteiger partial charge in [-0.25, -0.2) is 9.78 Å². The van der Waals surface area contributed by atoms with Gasteiger partial charge in [0.25, 0.3) is 0 Å². The Morgan fingerprint density at radius 1 is 1.25 bits per heavy atom. The lowest BCUT2D eigenvalue weighted by Crippen LogP contribution is -2.20. The summed E-state index contributed by atoms with van der Waals surface area (Å²) in [5.41, 5.74) is -1.06. The molecule has 0 saturated carbocycles. The smallest absolute Gasteiger partial charge is 0.416 e. The average molecular weight is 450 g/mol. The molecule has 32 heavy (non-hydrogen) atoms. The molecule has 3 aromatic rings. The van der Waals surface area contributed by atoms with Crippen molar-refractivity contribution in [2.45, 2.75) is 12.6 Å². The highest BCUT2D eigenvalue weighted by molar-refractivity contribution is 6.00. The number of nitrogens with one attached hydrogen (secondary N) is 1. The number of rotatable bonds is 9. The number of carboxylic acids is 1. The molecule has 0 radical (unpaired) electrons. The van der Waals surface area contributed by atoms with Crippen LogP contribution in [0.2, 0.25) is 0 Å². The second kappa shape index (κ2) is 9.69. The van der Waals surface area contributed by atoms with Crippen LogP contribution < -0.4 is 10.2 Å². The Hall–Kier alpha value is -3.60. The lowest BCUT2D eigenvalue weighted by molar-refractivity contribution is -0.137. The number of alkyl halides is 3. The van der Waals surface area contributed by atoms with Crippen LogP contribution in [0.25, 0.3) is 11.5 Å². The van der Waals surface area contributed by atoms with Gasteiger partial charge in [0.2, 0.25) is 5.95 Å². The first kappa shape index (κ1) is 23.1. The van der Waals surface area contributed by atoms with Crippen LogP contribution in [-0.4, -0.2) is 48.4 Å². The summed E-state index contributed by atoms with van der Waals surface area (Å²) in [7, 11) is 3.00. The lowest BCUT2D eigenvalue weighted by Gasteiger charge is -2.23. The van der Waals surface area contributed by atoms with E-state index in [1.54, 1.807) is 13.2 Å². The summed E-state index contributed by atoms with van der Waals surface area (Å²) in [6, 6.07) is 7.65. The van der Waals surface area contributed by atoms with Gasteiger partial charge in [-0.3, -0.25) is 0 Å². The fraction of sp³-hybridized carbons (Fsp3) is 0.286. The number of hydrogen-bond acceptors (Lipinski definition) is 7. The molecule has 0 bridgehead atoms. The van der Waals surface area contributed by atoms with Gasteiger partial charge >= 0.3 is 12.1 Å². The molecule has 170 valence electrons. The summed E-state index contributed by atoms with van der Waals surface area (Å²) >= 11 is 0. The third kappa shape index (κ3) is 5.17. The third-order valence-electron chi connectivity index (χ3n) is 4.55. The summed E-state index contributed by atoms with van der Waals surface area (Å²) < 4.78 is 49.9. The van der Waals surface area contributed by atoms with E-state index in [4.69, 9.17) is 9.15 Å². The molecule has 0 saturated heterocycles. The normalized spacial score (nSPS) is 11.4. The molecule has 0 atom stereocenters. The maximum absolute atomic E-state index is 13.2. The number of hydrogen-bond donors (Lipinski definition) is 2. The number of nitrogens with zero attached hydrogens (tertiary/aromatic N) is 3. The highest BCUT2D eigenvalue weighted by Gasteiger charge is 2.31. The van der Waals surface area contributed by atoms with Crippen LogP contribution in [-0.2, 0) is 10.9 Å². The zero-order valence-corrected chi connectivity index (χ0v) is 17.3. The molecule has 8 nitrogen and oxygen atoms in total. The number of carboxylic acid groups (broad SMARTS) is 1. The van der Waals surface area contributed by atoms with Gasteiger partial charge < -0.3 is 24.5 Å². The van der Waals surface area contributed by atoms with Crippen molar-refractivity contribution in [1.82, 2.24) is 9.97 Å². The van der Waals surface area contributed by atoms with Gasteiger partial charge in [-0.15, -0.1) is 0 Å². The quantitative estimate of drug-likeness (QED) is 0.454. The molecule has 0 aliphatic heterocycles. The van der Waals surface area contributed by atoms with Crippen LogP contribution in [0, 0.1) is 0 Å². The number of carbonyl (C=O) groups is 1. The molecule has 0 amide bonds. The minimum absolute atomic E-state index is 0.000525. The Kier molecular flexibility index (Phi) is 6.98. The van der Waals surface area contributed by atoms with E-state index < -0.39 is 17.7 Å². The number of anilines is 3. The highest BCUT2D eigenvalue weighted by atomic mass is 19.4. The molecule has 0 aliphatic carbocycles. The largest absolute Gasteiger partial charge is 0.477 e. The summed E-state index contributed by atoms with van der Waals surface area (Å²) in [5.74, 6) is -1.15. The second-order valence-electron chi connectivity index (χ2n) is 6.76. The molecule has 0 aliphatic rings. The van der Waals surface area contributed by atoms with Crippen molar-refractivity contribution >= 4 is 23.4 Å². The van der Waals surface area contributed by atoms with Crippen LogP contribution in [0.4, 0.5) is 30.6 Å². The molecule has 0 fully saturated rings. The van der Waals surface area contributed by atoms with Crippen LogP contribution in [0.15, 0.2) is 47.1 Å². The first-order valence-corrected chi connectivity index (χ1v) is 9.55.